The fourth-order valence-corrected chi connectivity index (χ4v) is 8.12. The third kappa shape index (κ3) is 4.05. The molecule has 176 valence electrons. The zero-order chi connectivity index (χ0) is 23.3. The molecule has 0 saturated heterocycles. The van der Waals surface area contributed by atoms with Crippen LogP contribution in [0, 0.1) is 40.4 Å². The molecule has 0 radical (unpaired) electrons. The molecule has 4 aliphatic carbocycles. The molecule has 0 aromatic carbocycles. The zero-order valence-electron chi connectivity index (χ0n) is 20.9. The molecule has 0 aliphatic heterocycles. The highest BCUT2D eigenvalue weighted by Gasteiger charge is 2.58. The summed E-state index contributed by atoms with van der Waals surface area (Å²) in [6.07, 6.45) is 19.0. The molecule has 2 fully saturated rings. The van der Waals surface area contributed by atoms with Crippen LogP contribution in [0.25, 0.3) is 0 Å². The summed E-state index contributed by atoms with van der Waals surface area (Å²) in [6, 6.07) is 0. The van der Waals surface area contributed by atoms with Crippen LogP contribution in [-0.2, 0) is 14.3 Å². The fourth-order valence-electron chi connectivity index (χ4n) is 8.12. The minimum absolute atomic E-state index is 0.0145. The fraction of sp³-hybridized carbons (Fsp3) is 0.724. The number of carbonyl (C=O) groups excluding carboxylic acids is 2. The second-order valence-electron chi connectivity index (χ2n) is 12.2. The SMILES string of the molecule is CC(=O)OC(C)(C)CCC[C@@H](C)[C@H]1CC[C@H]2[C@@H]3C=CC4=CC(=O)C=C[C@]4(C)[C@H]3CC[C@]12C. The lowest BCUT2D eigenvalue weighted by Gasteiger charge is -2.55. The second-order valence-corrected chi connectivity index (χ2v) is 12.2. The van der Waals surface area contributed by atoms with Crippen LogP contribution in [0.5, 0.6) is 0 Å². The molecule has 0 unspecified atom stereocenters. The van der Waals surface area contributed by atoms with Gasteiger partial charge in [-0.25, -0.2) is 0 Å². The van der Waals surface area contributed by atoms with Gasteiger partial charge in [-0.15, -0.1) is 0 Å². The lowest BCUT2D eigenvalue weighted by Crippen LogP contribution is -2.48. The van der Waals surface area contributed by atoms with Crippen molar-refractivity contribution in [1.82, 2.24) is 0 Å². The first-order valence-corrected chi connectivity index (χ1v) is 12.8. The largest absolute Gasteiger partial charge is 0.460 e. The zero-order valence-corrected chi connectivity index (χ0v) is 20.9. The van der Waals surface area contributed by atoms with Crippen LogP contribution in [0.15, 0.2) is 36.0 Å². The summed E-state index contributed by atoms with van der Waals surface area (Å²) in [5.74, 6) is 3.39. The van der Waals surface area contributed by atoms with Gasteiger partial charge < -0.3 is 4.74 Å². The highest BCUT2D eigenvalue weighted by Crippen LogP contribution is 2.65. The van der Waals surface area contributed by atoms with Gasteiger partial charge >= 0.3 is 5.97 Å². The first kappa shape index (κ1) is 23.5. The quantitative estimate of drug-likeness (QED) is 0.427. The summed E-state index contributed by atoms with van der Waals surface area (Å²) < 4.78 is 5.49. The number of ketones is 1. The minimum atomic E-state index is -0.367. The van der Waals surface area contributed by atoms with E-state index in [2.05, 4.69) is 39.0 Å². The monoisotopic (exact) mass is 438 g/mol. The number of allylic oxidation sites excluding steroid dienone is 6. The van der Waals surface area contributed by atoms with E-state index in [0.29, 0.717) is 23.2 Å². The van der Waals surface area contributed by atoms with Crippen molar-refractivity contribution in [2.75, 3.05) is 0 Å². The highest BCUT2D eigenvalue weighted by molar-refractivity contribution is 6.01. The van der Waals surface area contributed by atoms with E-state index in [1.165, 1.54) is 44.6 Å². The van der Waals surface area contributed by atoms with Crippen molar-refractivity contribution >= 4 is 11.8 Å². The predicted octanol–water partition coefficient (Wildman–Crippen LogP) is 6.83. The minimum Gasteiger partial charge on any atom is -0.460 e. The van der Waals surface area contributed by atoms with E-state index < -0.39 is 0 Å². The number of rotatable bonds is 6. The molecule has 7 atom stereocenters. The number of hydrogen-bond donors (Lipinski definition) is 0. The Labute approximate surface area is 194 Å². The Balaban J connectivity index is 1.44. The average Bonchev–Trinajstić information content (AvgIpc) is 3.04. The number of hydrogen-bond acceptors (Lipinski definition) is 3. The Hall–Kier alpha value is -1.64. The van der Waals surface area contributed by atoms with Crippen LogP contribution in [-0.4, -0.2) is 17.4 Å². The third-order valence-electron chi connectivity index (χ3n) is 9.73. The molecule has 0 N–H and O–H groups in total. The molecule has 0 bridgehead atoms. The van der Waals surface area contributed by atoms with Crippen molar-refractivity contribution < 1.29 is 14.3 Å². The van der Waals surface area contributed by atoms with Gasteiger partial charge in [0.25, 0.3) is 0 Å². The Bertz CT molecular complexity index is 862. The molecule has 0 spiro atoms. The van der Waals surface area contributed by atoms with Gasteiger partial charge in [0.05, 0.1) is 0 Å². The summed E-state index contributed by atoms with van der Waals surface area (Å²) in [4.78, 5) is 23.3. The summed E-state index contributed by atoms with van der Waals surface area (Å²) in [6.45, 7) is 12.9. The van der Waals surface area contributed by atoms with Crippen molar-refractivity contribution in [2.45, 2.75) is 92.1 Å². The molecule has 0 aromatic heterocycles. The second kappa shape index (κ2) is 8.29. The lowest BCUT2D eigenvalue weighted by atomic mass is 9.49. The van der Waals surface area contributed by atoms with Crippen LogP contribution in [0.1, 0.15) is 86.5 Å². The topological polar surface area (TPSA) is 43.4 Å². The normalized spacial score (nSPS) is 39.1. The molecular formula is C29H42O3. The average molecular weight is 439 g/mol. The van der Waals surface area contributed by atoms with Crippen LogP contribution in [0.3, 0.4) is 0 Å². The molecular weight excluding hydrogens is 396 g/mol. The highest BCUT2D eigenvalue weighted by atomic mass is 16.6. The van der Waals surface area contributed by atoms with Gasteiger partial charge in [0.2, 0.25) is 0 Å². The predicted molar refractivity (Wildman–Crippen MR) is 129 cm³/mol. The van der Waals surface area contributed by atoms with Crippen molar-refractivity contribution in [3.63, 3.8) is 0 Å². The summed E-state index contributed by atoms with van der Waals surface area (Å²) in [5, 5.41) is 0. The van der Waals surface area contributed by atoms with Gasteiger partial charge in [-0.2, -0.15) is 0 Å². The molecule has 4 rings (SSSR count). The smallest absolute Gasteiger partial charge is 0.303 e. The van der Waals surface area contributed by atoms with Crippen molar-refractivity contribution in [1.29, 1.82) is 0 Å². The Morgan fingerprint density at radius 1 is 1.19 bits per heavy atom. The van der Waals surface area contributed by atoms with Gasteiger partial charge in [-0.3, -0.25) is 9.59 Å². The van der Waals surface area contributed by atoms with Gasteiger partial charge in [0, 0.05) is 12.3 Å². The first-order chi connectivity index (χ1) is 15.0. The summed E-state index contributed by atoms with van der Waals surface area (Å²) >= 11 is 0. The van der Waals surface area contributed by atoms with Crippen LogP contribution < -0.4 is 0 Å². The number of esters is 1. The van der Waals surface area contributed by atoms with E-state index in [9.17, 15) is 9.59 Å². The first-order valence-electron chi connectivity index (χ1n) is 12.8. The van der Waals surface area contributed by atoms with E-state index >= 15 is 0 Å². The lowest BCUT2D eigenvalue weighted by molar-refractivity contribution is -0.154. The number of fused-ring (bicyclic) bond motifs is 5. The molecule has 0 heterocycles. The molecule has 32 heavy (non-hydrogen) atoms. The van der Waals surface area contributed by atoms with Crippen molar-refractivity contribution in [3.05, 3.63) is 36.0 Å². The van der Waals surface area contributed by atoms with E-state index in [1.54, 1.807) is 6.08 Å². The van der Waals surface area contributed by atoms with Gasteiger partial charge in [-0.05, 0) is 105 Å². The Kier molecular flexibility index (Phi) is 6.09. The van der Waals surface area contributed by atoms with Crippen molar-refractivity contribution in [2.24, 2.45) is 40.4 Å². The van der Waals surface area contributed by atoms with E-state index in [0.717, 1.165) is 24.7 Å². The maximum absolute atomic E-state index is 12.0. The maximum Gasteiger partial charge on any atom is 0.303 e. The van der Waals surface area contributed by atoms with Gasteiger partial charge in [-0.1, -0.05) is 45.4 Å². The summed E-state index contributed by atoms with van der Waals surface area (Å²) in [5.41, 5.74) is 1.27. The standard InChI is InChI=1S/C29H42O3/c1-19(8-7-15-27(3,4)32-20(2)30)24-11-12-25-23-10-9-21-18-22(31)13-16-28(21,5)26(23)14-17-29(24,25)6/h9-10,13,16,18-19,23-26H,7-8,11-12,14-15,17H2,1-6H3/t19-,23+,24-,25+,26+,28+,29-/m1/s1. The van der Waals surface area contributed by atoms with Crippen LogP contribution >= 0.6 is 0 Å². The van der Waals surface area contributed by atoms with Crippen LogP contribution in [0.2, 0.25) is 0 Å². The number of carbonyl (C=O) groups is 2. The Morgan fingerprint density at radius 3 is 2.66 bits per heavy atom. The third-order valence-corrected chi connectivity index (χ3v) is 9.73. The molecule has 0 amide bonds. The van der Waals surface area contributed by atoms with E-state index in [1.807, 2.05) is 19.9 Å². The van der Waals surface area contributed by atoms with Crippen molar-refractivity contribution in [3.8, 4) is 0 Å². The van der Waals surface area contributed by atoms with E-state index in [-0.39, 0.29) is 22.8 Å². The molecule has 0 aromatic rings. The molecule has 3 heteroatoms. The number of ether oxygens (including phenoxy) is 1. The summed E-state index contributed by atoms with van der Waals surface area (Å²) in [7, 11) is 0. The van der Waals surface area contributed by atoms with Gasteiger partial charge in [0.1, 0.15) is 5.60 Å². The maximum atomic E-state index is 12.0. The molecule has 4 aliphatic rings. The van der Waals surface area contributed by atoms with Crippen LogP contribution in [0.4, 0.5) is 0 Å². The molecule has 3 nitrogen and oxygen atoms in total. The van der Waals surface area contributed by atoms with E-state index in [4.69, 9.17) is 4.74 Å². The molecule has 2 saturated carbocycles. The Morgan fingerprint density at radius 2 is 1.94 bits per heavy atom. The van der Waals surface area contributed by atoms with Gasteiger partial charge in [0.15, 0.2) is 5.78 Å².